The van der Waals surface area contributed by atoms with Crippen molar-refractivity contribution in [2.24, 2.45) is 5.73 Å². The molecule has 0 aromatic carbocycles. The number of alkyl carbamates (subject to hydrolysis) is 1. The van der Waals surface area contributed by atoms with Crippen molar-refractivity contribution >= 4 is 42.8 Å². The van der Waals surface area contributed by atoms with Gasteiger partial charge < -0.3 is 25.6 Å². The Morgan fingerprint density at radius 2 is 1.97 bits per heavy atom. The fourth-order valence-corrected chi connectivity index (χ4v) is 4.54. The Bertz CT molecular complexity index is 852. The molecular formula is C18H28N4O5S2Si. The zero-order valence-electron chi connectivity index (χ0n) is 17.5. The number of aliphatic hydroxyl groups excluding tert-OH is 1. The standard InChI is InChI=1S/C18H28N4O5S2Si/c1-5-26-17(24)12-10-29-16(22-12)14(19)15(23)11-9-28-13(21-11)8-20-18(25)27-6-7-30(2,3)4/h9-10,14-15,23H,5-8,19H2,1-4H3,(H,20,25). The molecule has 0 bridgehead atoms. The van der Waals surface area contributed by atoms with E-state index in [-0.39, 0.29) is 18.8 Å². The van der Waals surface area contributed by atoms with Gasteiger partial charge in [-0.25, -0.2) is 19.6 Å². The number of thiazole rings is 2. The maximum absolute atomic E-state index is 11.8. The molecular weight excluding hydrogens is 444 g/mol. The number of carbonyl (C=O) groups is 2. The largest absolute Gasteiger partial charge is 0.461 e. The lowest BCUT2D eigenvalue weighted by Gasteiger charge is -2.15. The van der Waals surface area contributed by atoms with E-state index in [0.717, 1.165) is 6.04 Å². The molecule has 0 aliphatic carbocycles. The van der Waals surface area contributed by atoms with E-state index in [9.17, 15) is 14.7 Å². The van der Waals surface area contributed by atoms with Crippen molar-refractivity contribution in [2.45, 2.75) is 51.3 Å². The Morgan fingerprint density at radius 3 is 2.63 bits per heavy atom. The average molecular weight is 473 g/mol. The van der Waals surface area contributed by atoms with Crippen LogP contribution < -0.4 is 11.1 Å². The van der Waals surface area contributed by atoms with Gasteiger partial charge in [-0.05, 0) is 13.0 Å². The Hall–Kier alpha value is -1.86. The SMILES string of the molecule is CCOC(=O)c1csc(C(N)C(O)c2csc(CNC(=O)OCC[Si](C)(C)C)n2)n1. The molecule has 2 atom stereocenters. The van der Waals surface area contributed by atoms with E-state index in [1.807, 2.05) is 0 Å². The molecule has 1 amide bonds. The summed E-state index contributed by atoms with van der Waals surface area (Å²) in [4.78, 5) is 32.0. The summed E-state index contributed by atoms with van der Waals surface area (Å²) in [6.07, 6.45) is -1.59. The topological polar surface area (TPSA) is 137 Å². The van der Waals surface area contributed by atoms with Crippen molar-refractivity contribution < 1.29 is 24.2 Å². The smallest absolute Gasteiger partial charge is 0.407 e. The number of nitrogens with one attached hydrogen (secondary N) is 1. The number of carbonyl (C=O) groups excluding carboxylic acids is 2. The number of nitrogens with two attached hydrogens (primary N) is 1. The lowest BCUT2D eigenvalue weighted by atomic mass is 10.1. The number of rotatable bonds is 10. The van der Waals surface area contributed by atoms with Gasteiger partial charge in [0.05, 0.1) is 31.5 Å². The van der Waals surface area contributed by atoms with E-state index in [2.05, 4.69) is 34.9 Å². The number of ether oxygens (including phenoxy) is 2. The quantitative estimate of drug-likeness (QED) is 0.354. The highest BCUT2D eigenvalue weighted by Gasteiger charge is 2.25. The van der Waals surface area contributed by atoms with Gasteiger partial charge in [-0.15, -0.1) is 22.7 Å². The molecule has 2 aromatic heterocycles. The van der Waals surface area contributed by atoms with Crippen LogP contribution in [0.4, 0.5) is 4.79 Å². The molecule has 2 rings (SSSR count). The fraction of sp³-hybridized carbons (Fsp3) is 0.556. The van der Waals surface area contributed by atoms with Crippen LogP contribution in [-0.2, 0) is 16.0 Å². The molecule has 0 aliphatic heterocycles. The van der Waals surface area contributed by atoms with Crippen LogP contribution in [0.2, 0.25) is 25.7 Å². The number of aromatic nitrogens is 2. The highest BCUT2D eigenvalue weighted by Crippen LogP contribution is 2.29. The molecule has 9 nitrogen and oxygen atoms in total. The first-order valence-corrected chi connectivity index (χ1v) is 15.0. The van der Waals surface area contributed by atoms with Gasteiger partial charge >= 0.3 is 12.1 Å². The van der Waals surface area contributed by atoms with E-state index in [0.29, 0.717) is 22.3 Å². The zero-order chi connectivity index (χ0) is 22.3. The molecule has 0 saturated carbocycles. The first-order chi connectivity index (χ1) is 14.1. The summed E-state index contributed by atoms with van der Waals surface area (Å²) in [5.74, 6) is -0.527. The second-order valence-electron chi connectivity index (χ2n) is 7.73. The van der Waals surface area contributed by atoms with Gasteiger partial charge in [-0.3, -0.25) is 0 Å². The van der Waals surface area contributed by atoms with Crippen LogP contribution in [0.25, 0.3) is 0 Å². The Balaban J connectivity index is 1.87. The molecule has 2 aromatic rings. The van der Waals surface area contributed by atoms with Gasteiger partial charge in [-0.1, -0.05) is 19.6 Å². The van der Waals surface area contributed by atoms with Crippen molar-refractivity contribution in [3.63, 3.8) is 0 Å². The second kappa shape index (κ2) is 11.0. The molecule has 166 valence electrons. The molecule has 0 fully saturated rings. The van der Waals surface area contributed by atoms with Crippen molar-refractivity contribution in [3.05, 3.63) is 32.2 Å². The number of hydrogen-bond donors (Lipinski definition) is 3. The molecule has 0 spiro atoms. The molecule has 0 radical (unpaired) electrons. The van der Waals surface area contributed by atoms with Gasteiger partial charge in [0.25, 0.3) is 0 Å². The summed E-state index contributed by atoms with van der Waals surface area (Å²) in [5, 5.41) is 17.4. The Kier molecular flexibility index (Phi) is 8.91. The third-order valence-corrected chi connectivity index (χ3v) is 7.49. The maximum Gasteiger partial charge on any atom is 0.407 e. The summed E-state index contributed by atoms with van der Waals surface area (Å²) in [7, 11) is -1.25. The van der Waals surface area contributed by atoms with Gasteiger partial charge in [0.15, 0.2) is 5.69 Å². The molecule has 2 unspecified atom stereocenters. The number of hydrogen-bond acceptors (Lipinski definition) is 10. The Morgan fingerprint density at radius 1 is 1.23 bits per heavy atom. The molecule has 2 heterocycles. The lowest BCUT2D eigenvalue weighted by Crippen LogP contribution is -2.27. The highest BCUT2D eigenvalue weighted by atomic mass is 32.1. The predicted molar refractivity (Wildman–Crippen MR) is 118 cm³/mol. The number of aliphatic hydroxyl groups is 1. The van der Waals surface area contributed by atoms with Crippen molar-refractivity contribution in [1.29, 1.82) is 0 Å². The summed E-state index contributed by atoms with van der Waals surface area (Å²) in [6.45, 7) is 9.20. The predicted octanol–water partition coefficient (Wildman–Crippen LogP) is 3.07. The van der Waals surface area contributed by atoms with E-state index < -0.39 is 32.3 Å². The Labute approximate surface area is 184 Å². The fourth-order valence-electron chi connectivity index (χ4n) is 2.25. The minimum Gasteiger partial charge on any atom is -0.461 e. The summed E-state index contributed by atoms with van der Waals surface area (Å²) >= 11 is 2.47. The number of nitrogens with zero attached hydrogens (tertiary/aromatic N) is 2. The molecule has 4 N–H and O–H groups in total. The van der Waals surface area contributed by atoms with E-state index in [4.69, 9.17) is 15.2 Å². The van der Waals surface area contributed by atoms with Crippen LogP contribution in [0.3, 0.4) is 0 Å². The van der Waals surface area contributed by atoms with Crippen molar-refractivity contribution in [3.8, 4) is 0 Å². The van der Waals surface area contributed by atoms with Crippen LogP contribution in [0.15, 0.2) is 10.8 Å². The summed E-state index contributed by atoms with van der Waals surface area (Å²) in [6, 6.07) is 0.0631. The highest BCUT2D eigenvalue weighted by molar-refractivity contribution is 7.10. The van der Waals surface area contributed by atoms with Crippen molar-refractivity contribution in [1.82, 2.24) is 15.3 Å². The van der Waals surface area contributed by atoms with Crippen LogP contribution in [0.5, 0.6) is 0 Å². The molecule has 12 heteroatoms. The molecule has 30 heavy (non-hydrogen) atoms. The van der Waals surface area contributed by atoms with Crippen LogP contribution in [0.1, 0.15) is 45.3 Å². The van der Waals surface area contributed by atoms with E-state index in [1.165, 1.54) is 22.7 Å². The maximum atomic E-state index is 11.8. The van der Waals surface area contributed by atoms with E-state index >= 15 is 0 Å². The van der Waals surface area contributed by atoms with Crippen molar-refractivity contribution in [2.75, 3.05) is 13.2 Å². The molecule has 0 saturated heterocycles. The van der Waals surface area contributed by atoms with Gasteiger partial charge in [0.2, 0.25) is 0 Å². The minimum atomic E-state index is -1.25. The van der Waals surface area contributed by atoms with E-state index in [1.54, 1.807) is 17.7 Å². The lowest BCUT2D eigenvalue weighted by molar-refractivity contribution is 0.0519. The summed E-state index contributed by atoms with van der Waals surface area (Å²) < 4.78 is 10.1. The minimum absolute atomic E-state index is 0.162. The third kappa shape index (κ3) is 7.43. The van der Waals surface area contributed by atoms with Gasteiger partial charge in [-0.2, -0.15) is 0 Å². The zero-order valence-corrected chi connectivity index (χ0v) is 20.1. The van der Waals surface area contributed by atoms with Crippen LogP contribution in [0, 0.1) is 0 Å². The first-order valence-electron chi connectivity index (χ1n) is 9.52. The number of esters is 1. The first kappa shape index (κ1) is 24.4. The summed E-state index contributed by atoms with van der Waals surface area (Å²) in [5.41, 5.74) is 6.64. The monoisotopic (exact) mass is 472 g/mol. The third-order valence-electron chi connectivity index (χ3n) is 3.97. The van der Waals surface area contributed by atoms with Crippen LogP contribution >= 0.6 is 22.7 Å². The average Bonchev–Trinajstić information content (AvgIpc) is 3.34. The second-order valence-corrected chi connectivity index (χ2v) is 15.2. The van der Waals surface area contributed by atoms with Crippen LogP contribution in [-0.4, -0.2) is 48.4 Å². The molecule has 0 aliphatic rings. The normalized spacial score (nSPS) is 13.5. The van der Waals surface area contributed by atoms with Gasteiger partial charge in [0.1, 0.15) is 16.1 Å². The van der Waals surface area contributed by atoms with Gasteiger partial charge in [0, 0.05) is 18.8 Å². The number of amides is 1.